The van der Waals surface area contributed by atoms with Crippen molar-refractivity contribution in [2.45, 2.75) is 240 Å². The number of nitrogens with one attached hydrogen (secondary N) is 9. The van der Waals surface area contributed by atoms with Crippen LogP contribution in [0, 0.1) is 11.8 Å². The van der Waals surface area contributed by atoms with Gasteiger partial charge in [0.2, 0.25) is 13.3 Å². The number of amides is 7. The average molecular weight is 1680 g/mol. The Hall–Kier alpha value is -9.71. The van der Waals surface area contributed by atoms with Gasteiger partial charge in [0.05, 0.1) is 24.4 Å². The fourth-order valence-corrected chi connectivity index (χ4v) is 11.0. The van der Waals surface area contributed by atoms with Gasteiger partial charge in [0.1, 0.15) is 6.04 Å². The van der Waals surface area contributed by atoms with Crippen LogP contribution in [0.4, 0.5) is 20.1 Å². The maximum Gasteiger partial charge on any atom is 0.373 e. The summed E-state index contributed by atoms with van der Waals surface area (Å²) in [5.74, 6) is -8.98. The van der Waals surface area contributed by atoms with Crippen molar-refractivity contribution in [2.75, 3.05) is 63.1 Å². The van der Waals surface area contributed by atoms with Crippen molar-refractivity contribution in [3.8, 4) is 0 Å². The number of urea groups is 3. The molecule has 0 bridgehead atoms. The SMILES string of the molecule is CCCC(CP(=O)(O)CCCN)C(=O)O.CCCC(CP(=O)(O)O)C(=O)O.C[C@@H](CCC(=O)O)NC(=O)C[C@H](N)C(=O)O.C[C@H](CCC(=O)O)NC(=O)NCCCCCNC(C)(C)C.C[C@H](CCC(=O)O)NC(=O)NCCN.C[C@H](CCC(=O)O)NC(=O)NCCc1ccc(NC(C)(C)C)cc1.O=C=O.O=C=O.O=C=O.O=C=O. The van der Waals surface area contributed by atoms with Crippen LogP contribution in [0.3, 0.4) is 0 Å². The molecule has 0 aliphatic heterocycles. The molecule has 0 fully saturated rings. The second-order valence-electron chi connectivity index (χ2n) is 26.8. The van der Waals surface area contributed by atoms with Crippen molar-refractivity contribution in [1.29, 1.82) is 0 Å². The Labute approximate surface area is 663 Å². The molecule has 0 aliphatic rings. The summed E-state index contributed by atoms with van der Waals surface area (Å²) in [7, 11) is -7.50. The summed E-state index contributed by atoms with van der Waals surface area (Å²) in [6.07, 6.45) is 8.21. The van der Waals surface area contributed by atoms with Gasteiger partial charge < -0.3 is 115 Å². The lowest BCUT2D eigenvalue weighted by atomic mass is 10.1. The molecule has 1 rings (SSSR count). The summed E-state index contributed by atoms with van der Waals surface area (Å²) in [6, 6.07) is 5.38. The number of nitrogens with two attached hydrogens (primary N) is 3. The molecule has 45 heteroatoms. The fourth-order valence-electron chi connectivity index (χ4n) is 8.22. The first kappa shape index (κ1) is 123. The van der Waals surface area contributed by atoms with Crippen LogP contribution in [0.25, 0.3) is 0 Å². The number of carboxylic acid groups (broad SMARTS) is 7. The number of benzene rings is 1. The monoisotopic (exact) mass is 1680 g/mol. The van der Waals surface area contributed by atoms with Crippen molar-refractivity contribution in [3.63, 3.8) is 0 Å². The number of anilines is 1. The normalized spacial score (nSPS) is 12.4. The van der Waals surface area contributed by atoms with Crippen molar-refractivity contribution in [3.05, 3.63) is 29.8 Å². The molecule has 0 saturated carbocycles. The molecule has 7 amide bonds. The van der Waals surface area contributed by atoms with E-state index in [1.807, 2.05) is 31.2 Å². The van der Waals surface area contributed by atoms with Crippen LogP contribution in [0.2, 0.25) is 0 Å². The smallest absolute Gasteiger partial charge is 0.373 e. The molecule has 1 aromatic carbocycles. The van der Waals surface area contributed by atoms with Crippen LogP contribution in [0.1, 0.15) is 198 Å². The topological polar surface area (TPSA) is 747 Å². The Balaban J connectivity index is -0.000000163. The van der Waals surface area contributed by atoms with Gasteiger partial charge >= 0.3 is 92.1 Å². The number of hydrogen-bond donors (Lipinski definition) is 22. The molecule has 0 spiro atoms. The molecule has 658 valence electrons. The van der Waals surface area contributed by atoms with Crippen LogP contribution in [-0.2, 0) is 92.3 Å². The maximum atomic E-state index is 11.7. The highest BCUT2D eigenvalue weighted by molar-refractivity contribution is 7.58. The second kappa shape index (κ2) is 77.2. The molecule has 25 N–H and O–H groups in total. The minimum absolute atomic E-state index is 0.0263. The largest absolute Gasteiger partial charge is 0.481 e. The van der Waals surface area contributed by atoms with E-state index in [9.17, 15) is 66.8 Å². The maximum absolute atomic E-state index is 11.7. The predicted molar refractivity (Wildman–Crippen MR) is 410 cm³/mol. The van der Waals surface area contributed by atoms with Crippen LogP contribution in [-0.4, -0.2) is 240 Å². The van der Waals surface area contributed by atoms with Crippen molar-refractivity contribution < 1.29 is 151 Å². The Bertz CT molecular complexity index is 3030. The van der Waals surface area contributed by atoms with Crippen molar-refractivity contribution in [2.24, 2.45) is 29.0 Å². The van der Waals surface area contributed by atoms with E-state index >= 15 is 0 Å². The van der Waals surface area contributed by atoms with Gasteiger partial charge in [-0.1, -0.05) is 45.2 Å². The van der Waals surface area contributed by atoms with E-state index in [2.05, 4.69) is 89.4 Å². The number of carbonyl (C=O) groups is 11. The Morgan fingerprint density at radius 1 is 0.447 bits per heavy atom. The molecule has 0 radical (unpaired) electrons. The minimum atomic E-state index is -4.19. The lowest BCUT2D eigenvalue weighted by Crippen LogP contribution is -2.42. The van der Waals surface area contributed by atoms with Gasteiger partial charge in [-0.25, -0.2) is 14.4 Å². The summed E-state index contributed by atoms with van der Waals surface area (Å²) in [6.45, 7) is 26.7. The molecular weight excluding hydrogens is 1550 g/mol. The highest BCUT2D eigenvalue weighted by atomic mass is 31.2. The molecular formula is C69H126N12O31P2. The zero-order valence-electron chi connectivity index (χ0n) is 67.1. The molecule has 0 aromatic heterocycles. The third kappa shape index (κ3) is 106. The molecule has 3 unspecified atom stereocenters. The average Bonchev–Trinajstić information content (AvgIpc) is 0.895. The number of aliphatic carboxylic acids is 7. The number of unbranched alkanes of at least 4 members (excludes halogenated alkanes) is 2. The van der Waals surface area contributed by atoms with E-state index in [4.69, 9.17) is 101 Å². The Morgan fingerprint density at radius 3 is 1.10 bits per heavy atom. The molecule has 1 aromatic rings. The first-order valence-electron chi connectivity index (χ1n) is 35.8. The molecule has 0 aliphatic carbocycles. The van der Waals surface area contributed by atoms with E-state index in [0.717, 1.165) is 43.5 Å². The van der Waals surface area contributed by atoms with E-state index < -0.39 is 86.7 Å². The zero-order valence-corrected chi connectivity index (χ0v) is 68.9. The van der Waals surface area contributed by atoms with Crippen LogP contribution in [0.15, 0.2) is 24.3 Å². The van der Waals surface area contributed by atoms with Gasteiger partial charge in [-0.05, 0) is 164 Å². The van der Waals surface area contributed by atoms with Gasteiger partial charge in [-0.15, -0.1) is 0 Å². The standard InChI is InChI=1S/C18H29N3O3.C15H31N3O3.C9H16N2O5.C9H20NO4P.C8H17N3O3.C6H13O5P.4CO2/c1-13(5-10-16(22)23)20-17(24)19-12-11-14-6-8-15(9-7-14)21-18(2,3)4;1-12(8-9-13(19)20)18-14(21)16-10-6-5-7-11-17-15(2,3)4;1-5(2-3-8(13)14)11-7(12)4-6(10)9(15)16;1-2-4-8(9(11)12)7-15(13,14)6-3-5-10;1-6(2-3-7(12)13)11-8(14)10-5-4-9;1-2-3-5(6(7)8)4-12(9,10)11;4*2-1-3/h6-9,13,21H,5,10-12H2,1-4H3,(H,22,23)(H2,19,20,24);12,17H,5-11H2,1-4H3,(H,19,20)(H2,16,18,21);5-6H,2-4,10H2,1H3,(H,11,12)(H,13,14)(H,15,16);8H,2-7,10H2,1H3,(H,11,12)(H,13,14);6H,2-5,9H2,1H3,(H,12,13)(H2,10,11,14);5H,2-4H2,1H3,(H,7,8)(H2,9,10,11);;;;/t13-;12-;5-,6-;;6-;;;;;/m110.1...../s1. The summed E-state index contributed by atoms with van der Waals surface area (Å²) in [5, 5.41) is 85.3. The van der Waals surface area contributed by atoms with Crippen molar-refractivity contribution >= 4 is 111 Å². The number of hydrogen-bond acceptors (Lipinski definition) is 26. The quantitative estimate of drug-likeness (QED) is 0.0329. The molecule has 114 heavy (non-hydrogen) atoms. The van der Waals surface area contributed by atoms with Crippen LogP contribution < -0.4 is 65.1 Å². The van der Waals surface area contributed by atoms with E-state index in [1.54, 1.807) is 34.6 Å². The third-order valence-corrected chi connectivity index (χ3v) is 16.4. The molecule has 43 nitrogen and oxygen atoms in total. The summed E-state index contributed by atoms with van der Waals surface area (Å²) >= 11 is 0. The van der Waals surface area contributed by atoms with E-state index in [0.29, 0.717) is 90.5 Å². The van der Waals surface area contributed by atoms with E-state index in [1.165, 1.54) is 0 Å². The first-order valence-corrected chi connectivity index (χ1v) is 39.6. The first-order chi connectivity index (χ1) is 52.7. The van der Waals surface area contributed by atoms with Gasteiger partial charge in [0.15, 0.2) is 0 Å². The fraction of sp³-hybridized carbons (Fsp3) is 0.696. The van der Waals surface area contributed by atoms with Gasteiger partial charge in [0.25, 0.3) is 0 Å². The van der Waals surface area contributed by atoms with Crippen LogP contribution >= 0.6 is 15.0 Å². The predicted octanol–water partition coefficient (Wildman–Crippen LogP) is 3.18. The highest BCUT2D eigenvalue weighted by Gasteiger charge is 2.28. The van der Waals surface area contributed by atoms with E-state index in [-0.39, 0.29) is 122 Å². The zero-order chi connectivity index (χ0) is 90.7. The van der Waals surface area contributed by atoms with Crippen molar-refractivity contribution in [1.82, 2.24) is 42.5 Å². The number of carboxylic acids is 7. The van der Waals surface area contributed by atoms with Crippen LogP contribution in [0.5, 0.6) is 0 Å². The Kier molecular flexibility index (Phi) is 83.0. The number of carbonyl (C=O) groups excluding carboxylic acids is 12. The van der Waals surface area contributed by atoms with Gasteiger partial charge in [-0.2, -0.15) is 38.4 Å². The van der Waals surface area contributed by atoms with Gasteiger partial charge in [0, 0.05) is 105 Å². The third-order valence-electron chi connectivity index (χ3n) is 13.5. The molecule has 0 saturated heterocycles. The molecule has 0 heterocycles. The lowest BCUT2D eigenvalue weighted by molar-refractivity contribution is -0.193. The second-order valence-corrected chi connectivity index (χ2v) is 31.0. The number of rotatable bonds is 44. The highest BCUT2D eigenvalue weighted by Crippen LogP contribution is 2.44. The Morgan fingerprint density at radius 2 is 0.789 bits per heavy atom. The summed E-state index contributed by atoms with van der Waals surface area (Å²) < 4.78 is 22.1. The summed E-state index contributed by atoms with van der Waals surface area (Å²) in [4.78, 5) is 210. The summed E-state index contributed by atoms with van der Waals surface area (Å²) in [5.41, 5.74) is 18.0. The minimum Gasteiger partial charge on any atom is -0.481 e. The van der Waals surface area contributed by atoms with Gasteiger partial charge in [-0.3, -0.25) is 47.5 Å². The molecule has 8 atom stereocenters. The lowest BCUT2D eigenvalue weighted by Gasteiger charge is -2.22.